The number of alkyl halides is 3. The quantitative estimate of drug-likeness (QED) is 0.614. The van der Waals surface area contributed by atoms with E-state index < -0.39 is 18.3 Å². The highest BCUT2D eigenvalue weighted by Gasteiger charge is 2.45. The van der Waals surface area contributed by atoms with Crippen LogP contribution in [-0.4, -0.2) is 29.8 Å². The predicted molar refractivity (Wildman–Crippen MR) is 67.0 cm³/mol. The summed E-state index contributed by atoms with van der Waals surface area (Å²) in [5.41, 5.74) is 0.878. The highest BCUT2D eigenvalue weighted by Crippen LogP contribution is 2.36. The Morgan fingerprint density at radius 2 is 1.90 bits per heavy atom. The molecule has 0 aliphatic heterocycles. The Morgan fingerprint density at radius 1 is 1.30 bits per heavy atom. The van der Waals surface area contributed by atoms with Crippen molar-refractivity contribution < 1.29 is 22.7 Å². The molecule has 1 aliphatic rings. The topological polar surface area (TPSA) is 29.5 Å². The van der Waals surface area contributed by atoms with E-state index in [1.165, 1.54) is 24.3 Å². The van der Waals surface area contributed by atoms with Crippen LogP contribution in [0.25, 0.3) is 0 Å². The van der Waals surface area contributed by atoms with E-state index in [-0.39, 0.29) is 13.2 Å². The Hall–Kier alpha value is -1.56. The van der Waals surface area contributed by atoms with Gasteiger partial charge in [0.15, 0.2) is 0 Å². The number of hydrogen-bond donors (Lipinski definition) is 0. The van der Waals surface area contributed by atoms with Crippen molar-refractivity contribution in [3.05, 3.63) is 35.4 Å². The summed E-state index contributed by atoms with van der Waals surface area (Å²) in [4.78, 5) is 12.0. The lowest BCUT2D eigenvalue weighted by molar-refractivity contribution is -0.253. The summed E-state index contributed by atoms with van der Waals surface area (Å²) < 4.78 is 43.4. The van der Waals surface area contributed by atoms with Gasteiger partial charge >= 0.3 is 12.3 Å². The molecule has 0 spiro atoms. The maximum Gasteiger partial charge on any atom is 0.460 e. The van der Waals surface area contributed by atoms with Crippen molar-refractivity contribution in [2.24, 2.45) is 0 Å². The van der Waals surface area contributed by atoms with Gasteiger partial charge in [0.05, 0.1) is 12.2 Å². The molecule has 0 amide bonds. The lowest BCUT2D eigenvalue weighted by atomic mass is 10.1. The Kier molecular flexibility index (Phi) is 4.32. The van der Waals surface area contributed by atoms with Crippen molar-refractivity contribution in [2.75, 3.05) is 6.61 Å². The fraction of sp³-hybridized carbons (Fsp3) is 0.500. The molecule has 0 unspecified atom stereocenters. The summed E-state index contributed by atoms with van der Waals surface area (Å²) in [5.74, 6) is -0.464. The van der Waals surface area contributed by atoms with Gasteiger partial charge in [0.2, 0.25) is 0 Å². The Bertz CT molecular complexity index is 466. The van der Waals surface area contributed by atoms with Crippen molar-refractivity contribution >= 4 is 5.97 Å². The number of esters is 1. The monoisotopic (exact) mass is 287 g/mol. The number of ether oxygens (including phenoxy) is 1. The number of halogens is 3. The van der Waals surface area contributed by atoms with Gasteiger partial charge in [-0.25, -0.2) is 9.69 Å². The highest BCUT2D eigenvalue weighted by atomic mass is 19.4. The van der Waals surface area contributed by atoms with Crippen molar-refractivity contribution in [1.29, 1.82) is 0 Å². The van der Waals surface area contributed by atoms with Crippen LogP contribution in [0.3, 0.4) is 0 Å². The van der Waals surface area contributed by atoms with E-state index in [0.29, 0.717) is 28.9 Å². The zero-order chi connectivity index (χ0) is 14.8. The van der Waals surface area contributed by atoms with Crippen LogP contribution < -0.4 is 0 Å². The van der Waals surface area contributed by atoms with Crippen LogP contribution in [0.2, 0.25) is 0 Å². The summed E-state index contributed by atoms with van der Waals surface area (Å²) in [6, 6.07) is 5.66. The molecule has 6 heteroatoms. The SMILES string of the molecule is CCOC(=O)c1ccc(CN(C2CC2)C(F)(F)F)cc1. The largest absolute Gasteiger partial charge is 0.462 e. The third kappa shape index (κ3) is 3.72. The van der Waals surface area contributed by atoms with Gasteiger partial charge in [0.1, 0.15) is 0 Å². The van der Waals surface area contributed by atoms with E-state index in [4.69, 9.17) is 4.74 Å². The van der Waals surface area contributed by atoms with E-state index >= 15 is 0 Å². The first-order chi connectivity index (χ1) is 9.41. The van der Waals surface area contributed by atoms with E-state index in [0.717, 1.165) is 0 Å². The Labute approximate surface area is 115 Å². The average molecular weight is 287 g/mol. The molecule has 1 aromatic carbocycles. The summed E-state index contributed by atoms with van der Waals surface area (Å²) in [7, 11) is 0. The predicted octanol–water partition coefficient (Wildman–Crippen LogP) is 3.35. The van der Waals surface area contributed by atoms with Gasteiger partial charge in [-0.15, -0.1) is 0 Å². The van der Waals surface area contributed by atoms with E-state index in [1.54, 1.807) is 6.92 Å². The lowest BCUT2D eigenvalue weighted by Gasteiger charge is -2.24. The number of benzene rings is 1. The molecule has 1 fully saturated rings. The van der Waals surface area contributed by atoms with Crippen molar-refractivity contribution in [3.63, 3.8) is 0 Å². The number of rotatable bonds is 5. The first-order valence-electron chi connectivity index (χ1n) is 6.51. The van der Waals surface area contributed by atoms with Gasteiger partial charge in [0.25, 0.3) is 0 Å². The van der Waals surface area contributed by atoms with Crippen molar-refractivity contribution in [3.8, 4) is 0 Å². The van der Waals surface area contributed by atoms with Crippen molar-refractivity contribution in [2.45, 2.75) is 38.7 Å². The summed E-state index contributed by atoms with van der Waals surface area (Å²) in [6.07, 6.45) is -3.15. The average Bonchev–Trinajstić information content (AvgIpc) is 3.20. The first-order valence-corrected chi connectivity index (χ1v) is 6.51. The first kappa shape index (κ1) is 14.8. The van der Waals surface area contributed by atoms with E-state index in [9.17, 15) is 18.0 Å². The van der Waals surface area contributed by atoms with Gasteiger partial charge < -0.3 is 4.74 Å². The molecule has 0 heterocycles. The molecule has 1 aliphatic carbocycles. The van der Waals surface area contributed by atoms with Gasteiger partial charge in [-0.3, -0.25) is 0 Å². The molecule has 20 heavy (non-hydrogen) atoms. The standard InChI is InChI=1S/C14H16F3NO2/c1-2-20-13(19)11-5-3-10(4-6-11)9-18(12-7-8-12)14(15,16)17/h3-6,12H,2,7-9H2,1H3. The zero-order valence-electron chi connectivity index (χ0n) is 11.1. The molecule has 0 saturated heterocycles. The minimum atomic E-state index is -4.32. The van der Waals surface area contributed by atoms with Crippen LogP contribution in [-0.2, 0) is 11.3 Å². The van der Waals surface area contributed by atoms with Crippen LogP contribution >= 0.6 is 0 Å². The number of hydrogen-bond acceptors (Lipinski definition) is 3. The van der Waals surface area contributed by atoms with Gasteiger partial charge in [-0.2, -0.15) is 13.2 Å². The highest BCUT2D eigenvalue weighted by molar-refractivity contribution is 5.89. The lowest BCUT2D eigenvalue weighted by Crippen LogP contribution is -2.39. The summed E-state index contributed by atoms with van der Waals surface area (Å²) in [6.45, 7) is 1.78. The normalized spacial score (nSPS) is 15.4. The van der Waals surface area contributed by atoms with Crippen LogP contribution in [0, 0.1) is 0 Å². The van der Waals surface area contributed by atoms with Crippen molar-refractivity contribution in [1.82, 2.24) is 4.90 Å². The third-order valence-corrected chi connectivity index (χ3v) is 3.13. The fourth-order valence-electron chi connectivity index (χ4n) is 1.97. The minimum absolute atomic E-state index is 0.183. The maximum atomic E-state index is 12.9. The summed E-state index contributed by atoms with van der Waals surface area (Å²) >= 11 is 0. The second-order valence-electron chi connectivity index (χ2n) is 4.74. The van der Waals surface area contributed by atoms with E-state index in [2.05, 4.69) is 0 Å². The Balaban J connectivity index is 2.04. The molecular weight excluding hydrogens is 271 g/mol. The molecule has 0 aromatic heterocycles. The minimum Gasteiger partial charge on any atom is -0.462 e. The molecule has 0 atom stereocenters. The second-order valence-corrected chi connectivity index (χ2v) is 4.74. The zero-order valence-corrected chi connectivity index (χ0v) is 11.1. The molecule has 3 nitrogen and oxygen atoms in total. The van der Waals surface area contributed by atoms with Gasteiger partial charge in [-0.1, -0.05) is 12.1 Å². The molecule has 0 radical (unpaired) electrons. The van der Waals surface area contributed by atoms with Crippen LogP contribution in [0.4, 0.5) is 13.2 Å². The molecule has 1 saturated carbocycles. The molecule has 1 aromatic rings. The second kappa shape index (κ2) is 5.83. The molecular formula is C14H16F3NO2. The van der Waals surface area contributed by atoms with Crippen LogP contribution in [0.5, 0.6) is 0 Å². The smallest absolute Gasteiger partial charge is 0.460 e. The molecule has 0 N–H and O–H groups in total. The Morgan fingerprint density at radius 3 is 2.35 bits per heavy atom. The molecule has 110 valence electrons. The van der Waals surface area contributed by atoms with Gasteiger partial charge in [0, 0.05) is 12.6 Å². The number of carbonyl (C=O) groups is 1. The number of carbonyl (C=O) groups excluding carboxylic acids is 1. The maximum absolute atomic E-state index is 12.9. The third-order valence-electron chi connectivity index (χ3n) is 3.13. The van der Waals surface area contributed by atoms with Crippen LogP contribution in [0.1, 0.15) is 35.7 Å². The molecule has 2 rings (SSSR count). The van der Waals surface area contributed by atoms with E-state index in [1.807, 2.05) is 0 Å². The van der Waals surface area contributed by atoms with Crippen LogP contribution in [0.15, 0.2) is 24.3 Å². The van der Waals surface area contributed by atoms with Gasteiger partial charge in [-0.05, 0) is 37.5 Å². The fourth-order valence-corrected chi connectivity index (χ4v) is 1.97. The number of nitrogens with zero attached hydrogens (tertiary/aromatic N) is 1. The molecule has 0 bridgehead atoms. The summed E-state index contributed by atoms with van der Waals surface area (Å²) in [5, 5.41) is 0.